The lowest BCUT2D eigenvalue weighted by Crippen LogP contribution is -2.33. The molecule has 3 aromatic heterocycles. The number of nitrogens with zero attached hydrogens (tertiary/aromatic N) is 3. The number of pyridine rings is 1. The van der Waals surface area contributed by atoms with Crippen molar-refractivity contribution < 1.29 is 14.0 Å². The smallest absolute Gasteiger partial charge is 0.276 e. The van der Waals surface area contributed by atoms with Crippen LogP contribution in [0.4, 0.5) is 15.8 Å². The molecule has 9 heteroatoms. The van der Waals surface area contributed by atoms with Crippen LogP contribution in [0.15, 0.2) is 91.1 Å². The topological polar surface area (TPSA) is 67.2 Å². The van der Waals surface area contributed by atoms with Gasteiger partial charge in [0.05, 0.1) is 27.5 Å². The molecule has 0 radical (unpaired) electrons. The van der Waals surface area contributed by atoms with Crippen LogP contribution < -0.4 is 10.2 Å². The number of hydrogen-bond acceptors (Lipinski definition) is 4. The van der Waals surface area contributed by atoms with Gasteiger partial charge in [-0.05, 0) is 86.4 Å². The molecule has 0 bridgehead atoms. The minimum absolute atomic E-state index is 0.0672. The van der Waals surface area contributed by atoms with Crippen LogP contribution >= 0.6 is 21.6 Å². The summed E-state index contributed by atoms with van der Waals surface area (Å²) < 4.78 is 17.0. The molecule has 0 atom stereocenters. The maximum Gasteiger partial charge on any atom is 0.276 e. The summed E-state index contributed by atoms with van der Waals surface area (Å²) in [6, 6.07) is 26.7. The van der Waals surface area contributed by atoms with Crippen molar-refractivity contribution in [1.29, 1.82) is 0 Å². The van der Waals surface area contributed by atoms with E-state index in [9.17, 15) is 14.0 Å². The van der Waals surface area contributed by atoms with Crippen molar-refractivity contribution in [1.82, 2.24) is 8.96 Å². The molecule has 0 aliphatic carbocycles. The molecule has 7 rings (SSSR count). The molecule has 0 unspecified atom stereocenters. The third-order valence-electron chi connectivity index (χ3n) is 9.94. The van der Waals surface area contributed by atoms with Gasteiger partial charge in [0.2, 0.25) is 0 Å². The van der Waals surface area contributed by atoms with Crippen molar-refractivity contribution >= 4 is 55.6 Å². The monoisotopic (exact) mass is 704 g/mol. The summed E-state index contributed by atoms with van der Waals surface area (Å²) in [5.74, 6) is -1.00. The standard InChI is InChI=1S/C41H41FN4O2S2/c1-25-18-19-35-29(22-25)30(24-46(35)50(6,7)41(3,4)5)32-15-11-16-33(43-32)40(48)45-21-20-27-23-36(49-38(27)28-13-8-9-17-34(28)45)39(47)44-37-26(2)12-10-14-31(37)42/h8-19,22-24H,20-21H2,1-7H3,(H,44,47). The Morgan fingerprint density at radius 3 is 2.44 bits per heavy atom. The zero-order valence-electron chi connectivity index (χ0n) is 29.4. The number of para-hydroxylation sites is 2. The van der Waals surface area contributed by atoms with Gasteiger partial charge in [0.25, 0.3) is 11.8 Å². The van der Waals surface area contributed by atoms with E-state index >= 15 is 0 Å². The molecule has 0 spiro atoms. The molecule has 1 aliphatic rings. The van der Waals surface area contributed by atoms with Crippen LogP contribution in [-0.2, 0) is 6.42 Å². The van der Waals surface area contributed by atoms with E-state index < -0.39 is 16.0 Å². The maximum absolute atomic E-state index is 14.5. The number of aromatic nitrogens is 2. The third kappa shape index (κ3) is 5.82. The van der Waals surface area contributed by atoms with Gasteiger partial charge in [-0.25, -0.2) is 9.37 Å². The van der Waals surface area contributed by atoms with E-state index in [1.165, 1.54) is 28.5 Å². The summed E-state index contributed by atoms with van der Waals surface area (Å²) in [5.41, 5.74) is 7.95. The SMILES string of the molecule is Cc1ccc2c(c1)c(-c1cccc(C(=O)N3CCc4cc(C(=O)Nc5c(C)cccc5F)sc4-c4ccccc43)n1)cn2S(C)(C)C(C)(C)C. The van der Waals surface area contributed by atoms with Gasteiger partial charge in [-0.15, -0.1) is 11.3 Å². The average molecular weight is 705 g/mol. The Morgan fingerprint density at radius 1 is 0.920 bits per heavy atom. The molecule has 3 aromatic carbocycles. The number of halogens is 1. The molecule has 1 N–H and O–H groups in total. The minimum atomic E-state index is -1.26. The summed E-state index contributed by atoms with van der Waals surface area (Å²) in [4.78, 5) is 35.9. The lowest BCUT2D eigenvalue weighted by molar-refractivity contribution is 0.0981. The lowest BCUT2D eigenvalue weighted by Gasteiger charge is -2.46. The number of nitrogens with one attached hydrogen (secondary N) is 1. The number of fused-ring (bicyclic) bond motifs is 4. The number of carbonyl (C=O) groups excluding carboxylic acids is 2. The highest BCUT2D eigenvalue weighted by atomic mass is 32.3. The molecule has 0 saturated heterocycles. The first-order valence-electron chi connectivity index (χ1n) is 16.7. The van der Waals surface area contributed by atoms with Crippen molar-refractivity contribution in [3.05, 3.63) is 124 Å². The van der Waals surface area contributed by atoms with Gasteiger partial charge in [0.15, 0.2) is 0 Å². The molecule has 0 saturated carbocycles. The van der Waals surface area contributed by atoms with Crippen LogP contribution in [0, 0.1) is 19.7 Å². The van der Waals surface area contributed by atoms with Crippen molar-refractivity contribution in [2.24, 2.45) is 0 Å². The molecular weight excluding hydrogens is 664 g/mol. The fourth-order valence-corrected chi connectivity index (χ4v) is 9.17. The van der Waals surface area contributed by atoms with E-state index in [2.05, 4.69) is 73.9 Å². The predicted octanol–water partition coefficient (Wildman–Crippen LogP) is 10.3. The summed E-state index contributed by atoms with van der Waals surface area (Å²) in [6.07, 6.45) is 7.47. The quantitative estimate of drug-likeness (QED) is 0.194. The molecular formula is C41H41FN4O2S2. The highest BCUT2D eigenvalue weighted by molar-refractivity contribution is 8.32. The highest BCUT2D eigenvalue weighted by Gasteiger charge is 2.32. The van der Waals surface area contributed by atoms with Gasteiger partial charge in [0, 0.05) is 38.9 Å². The second-order valence-electron chi connectivity index (χ2n) is 14.3. The van der Waals surface area contributed by atoms with Crippen molar-refractivity contribution in [3.8, 4) is 21.7 Å². The van der Waals surface area contributed by atoms with Crippen LogP contribution in [0.1, 0.15) is 57.6 Å². The fourth-order valence-electron chi connectivity index (χ4n) is 6.42. The first-order chi connectivity index (χ1) is 23.7. The van der Waals surface area contributed by atoms with Crippen LogP contribution in [0.3, 0.4) is 0 Å². The van der Waals surface area contributed by atoms with Gasteiger partial charge < -0.3 is 14.2 Å². The maximum atomic E-state index is 14.5. The largest absolute Gasteiger partial charge is 0.319 e. The molecule has 6 nitrogen and oxygen atoms in total. The van der Waals surface area contributed by atoms with E-state index in [1.54, 1.807) is 30.0 Å². The number of hydrogen-bond donors (Lipinski definition) is 1. The second-order valence-corrected chi connectivity index (χ2v) is 19.5. The summed E-state index contributed by atoms with van der Waals surface area (Å²) in [5, 5.41) is 3.89. The Kier molecular flexibility index (Phi) is 8.47. The van der Waals surface area contributed by atoms with Gasteiger partial charge in [-0.3, -0.25) is 9.59 Å². The number of aryl methyl sites for hydroxylation is 2. The number of benzene rings is 3. The number of thiophene rings is 1. The molecule has 1 aliphatic heterocycles. The molecule has 2 amide bonds. The Bertz CT molecular complexity index is 2290. The normalized spacial score (nSPS) is 13.5. The molecule has 50 heavy (non-hydrogen) atoms. The molecule has 4 heterocycles. The average Bonchev–Trinajstić information content (AvgIpc) is 3.64. The summed E-state index contributed by atoms with van der Waals surface area (Å²) in [7, 11) is -1.26. The van der Waals surface area contributed by atoms with E-state index in [0.29, 0.717) is 29.1 Å². The van der Waals surface area contributed by atoms with Crippen LogP contribution in [-0.4, -0.2) is 44.6 Å². The number of carbonyl (C=O) groups is 2. The van der Waals surface area contributed by atoms with Crippen LogP contribution in [0.5, 0.6) is 0 Å². The zero-order valence-corrected chi connectivity index (χ0v) is 31.1. The summed E-state index contributed by atoms with van der Waals surface area (Å²) in [6.45, 7) is 11.2. The highest BCUT2D eigenvalue weighted by Crippen LogP contribution is 2.56. The third-order valence-corrected chi connectivity index (χ3v) is 15.4. The predicted molar refractivity (Wildman–Crippen MR) is 209 cm³/mol. The Balaban J connectivity index is 1.23. The van der Waals surface area contributed by atoms with E-state index in [-0.39, 0.29) is 22.2 Å². The van der Waals surface area contributed by atoms with Gasteiger partial charge in [-0.1, -0.05) is 68.8 Å². The van der Waals surface area contributed by atoms with Gasteiger partial charge >= 0.3 is 0 Å². The number of amides is 2. The molecule has 256 valence electrons. The van der Waals surface area contributed by atoms with Gasteiger partial charge in [-0.2, -0.15) is 10.2 Å². The van der Waals surface area contributed by atoms with E-state index in [1.807, 2.05) is 42.5 Å². The lowest BCUT2D eigenvalue weighted by atomic mass is 10.1. The van der Waals surface area contributed by atoms with Crippen molar-refractivity contribution in [2.45, 2.75) is 45.8 Å². The Labute approximate surface area is 298 Å². The summed E-state index contributed by atoms with van der Waals surface area (Å²) >= 11 is 1.36. The molecule has 0 fully saturated rings. The van der Waals surface area contributed by atoms with E-state index in [0.717, 1.165) is 38.3 Å². The zero-order chi connectivity index (χ0) is 35.5. The van der Waals surface area contributed by atoms with Crippen LogP contribution in [0.2, 0.25) is 0 Å². The van der Waals surface area contributed by atoms with E-state index in [4.69, 9.17) is 4.98 Å². The minimum Gasteiger partial charge on any atom is -0.319 e. The van der Waals surface area contributed by atoms with Gasteiger partial charge in [0.1, 0.15) is 11.5 Å². The number of anilines is 2. The second kappa shape index (κ2) is 12.5. The number of rotatable bonds is 5. The fraction of sp³-hybridized carbons (Fsp3) is 0.244. The van der Waals surface area contributed by atoms with Crippen molar-refractivity contribution in [3.63, 3.8) is 0 Å². The first kappa shape index (κ1) is 33.8. The van der Waals surface area contributed by atoms with Crippen molar-refractivity contribution in [2.75, 3.05) is 29.3 Å². The Hall–Kier alpha value is -4.73. The first-order valence-corrected chi connectivity index (χ1v) is 19.9. The Morgan fingerprint density at radius 2 is 1.68 bits per heavy atom. The van der Waals surface area contributed by atoms with Crippen LogP contribution in [0.25, 0.3) is 32.6 Å². The molecule has 6 aromatic rings.